The van der Waals surface area contributed by atoms with Gasteiger partial charge in [0.2, 0.25) is 0 Å². The SMILES string of the molecule is Cc1ccc(C(CNC2CCN(C(=O)c3ccncc3)CC2)N2CCC(C)CC2)cc1. The third-order valence-corrected chi connectivity index (χ3v) is 7.03. The molecule has 1 aromatic heterocycles. The molecular formula is C26H36N4O. The first-order chi connectivity index (χ1) is 15.1. The Morgan fingerprint density at radius 2 is 1.65 bits per heavy atom. The predicted octanol–water partition coefficient (Wildman–Crippen LogP) is 4.06. The lowest BCUT2D eigenvalue weighted by Gasteiger charge is -2.39. The molecule has 0 radical (unpaired) electrons. The van der Waals surface area contributed by atoms with Crippen LogP contribution in [0.4, 0.5) is 0 Å². The van der Waals surface area contributed by atoms with Crippen LogP contribution in [0.5, 0.6) is 0 Å². The lowest BCUT2D eigenvalue weighted by atomic mass is 9.95. The van der Waals surface area contributed by atoms with Gasteiger partial charge in [-0.2, -0.15) is 0 Å². The van der Waals surface area contributed by atoms with E-state index in [0.29, 0.717) is 12.1 Å². The van der Waals surface area contributed by atoms with Gasteiger partial charge in [-0.1, -0.05) is 36.8 Å². The van der Waals surface area contributed by atoms with Crippen molar-refractivity contribution in [2.24, 2.45) is 5.92 Å². The number of amides is 1. The van der Waals surface area contributed by atoms with Gasteiger partial charge in [0.1, 0.15) is 0 Å². The molecule has 0 spiro atoms. The van der Waals surface area contributed by atoms with Crippen LogP contribution in [0.25, 0.3) is 0 Å². The smallest absolute Gasteiger partial charge is 0.253 e. The maximum atomic E-state index is 12.7. The molecule has 1 atom stereocenters. The van der Waals surface area contributed by atoms with Crippen LogP contribution in [0.3, 0.4) is 0 Å². The van der Waals surface area contributed by atoms with Crippen LogP contribution in [0.1, 0.15) is 60.1 Å². The second-order valence-electron chi connectivity index (χ2n) is 9.36. The summed E-state index contributed by atoms with van der Waals surface area (Å²) in [6.45, 7) is 9.49. The minimum absolute atomic E-state index is 0.126. The van der Waals surface area contributed by atoms with Crippen molar-refractivity contribution in [3.63, 3.8) is 0 Å². The fraction of sp³-hybridized carbons (Fsp3) is 0.538. The molecule has 31 heavy (non-hydrogen) atoms. The average molecular weight is 421 g/mol. The van der Waals surface area contributed by atoms with E-state index in [0.717, 1.165) is 44.0 Å². The zero-order valence-corrected chi connectivity index (χ0v) is 19.0. The molecule has 0 saturated carbocycles. The number of piperidine rings is 2. The van der Waals surface area contributed by atoms with Gasteiger partial charge in [-0.15, -0.1) is 0 Å². The Balaban J connectivity index is 1.33. The van der Waals surface area contributed by atoms with E-state index in [1.54, 1.807) is 24.5 Å². The summed E-state index contributed by atoms with van der Waals surface area (Å²) < 4.78 is 0. The quantitative estimate of drug-likeness (QED) is 0.766. The van der Waals surface area contributed by atoms with E-state index in [1.165, 1.54) is 37.1 Å². The second-order valence-corrected chi connectivity index (χ2v) is 9.36. The molecule has 0 aliphatic carbocycles. The summed E-state index contributed by atoms with van der Waals surface area (Å²) in [5.74, 6) is 0.964. The minimum Gasteiger partial charge on any atom is -0.339 e. The molecule has 5 heteroatoms. The Morgan fingerprint density at radius 1 is 1.00 bits per heavy atom. The normalized spacial score (nSPS) is 20.0. The van der Waals surface area contributed by atoms with Crippen molar-refractivity contribution in [2.75, 3.05) is 32.7 Å². The van der Waals surface area contributed by atoms with Gasteiger partial charge in [0.25, 0.3) is 5.91 Å². The Bertz CT molecular complexity index is 822. The fourth-order valence-electron chi connectivity index (χ4n) is 4.83. The van der Waals surface area contributed by atoms with Crippen molar-refractivity contribution < 1.29 is 4.79 Å². The van der Waals surface area contributed by atoms with Crippen LogP contribution >= 0.6 is 0 Å². The summed E-state index contributed by atoms with van der Waals surface area (Å²) in [6, 6.07) is 13.6. The Labute approximate surface area is 186 Å². The van der Waals surface area contributed by atoms with Crippen LogP contribution < -0.4 is 5.32 Å². The Kier molecular flexibility index (Phi) is 7.36. The Morgan fingerprint density at radius 3 is 2.29 bits per heavy atom. The van der Waals surface area contributed by atoms with E-state index < -0.39 is 0 Å². The molecule has 4 rings (SSSR count). The minimum atomic E-state index is 0.126. The molecule has 166 valence electrons. The van der Waals surface area contributed by atoms with Gasteiger partial charge in [-0.05, 0) is 69.3 Å². The summed E-state index contributed by atoms with van der Waals surface area (Å²) in [4.78, 5) is 21.4. The molecule has 2 aromatic rings. The lowest BCUT2D eigenvalue weighted by Crippen LogP contribution is -2.48. The number of aromatic nitrogens is 1. The highest BCUT2D eigenvalue weighted by atomic mass is 16.2. The number of nitrogens with zero attached hydrogens (tertiary/aromatic N) is 3. The molecule has 2 fully saturated rings. The molecule has 1 N–H and O–H groups in total. The molecule has 5 nitrogen and oxygen atoms in total. The number of likely N-dealkylation sites (tertiary alicyclic amines) is 2. The van der Waals surface area contributed by atoms with Gasteiger partial charge in [0.05, 0.1) is 0 Å². The Hall–Kier alpha value is -2.24. The lowest BCUT2D eigenvalue weighted by molar-refractivity contribution is 0.0698. The molecule has 1 unspecified atom stereocenters. The van der Waals surface area contributed by atoms with E-state index in [2.05, 4.69) is 53.3 Å². The summed E-state index contributed by atoms with van der Waals surface area (Å²) in [5, 5.41) is 3.85. The van der Waals surface area contributed by atoms with Gasteiger partial charge in [-0.25, -0.2) is 0 Å². The zero-order valence-electron chi connectivity index (χ0n) is 19.0. The summed E-state index contributed by atoms with van der Waals surface area (Å²) in [6.07, 6.45) is 7.97. The van der Waals surface area contributed by atoms with Crippen molar-refractivity contribution >= 4 is 5.91 Å². The first-order valence-corrected chi connectivity index (χ1v) is 11.8. The van der Waals surface area contributed by atoms with E-state index in [-0.39, 0.29) is 5.91 Å². The van der Waals surface area contributed by atoms with Gasteiger partial charge >= 0.3 is 0 Å². The molecule has 3 heterocycles. The molecule has 2 saturated heterocycles. The first-order valence-electron chi connectivity index (χ1n) is 11.8. The van der Waals surface area contributed by atoms with Gasteiger partial charge in [0.15, 0.2) is 0 Å². The third-order valence-electron chi connectivity index (χ3n) is 7.03. The first kappa shape index (κ1) is 22.0. The second kappa shape index (κ2) is 10.4. The number of nitrogens with one attached hydrogen (secondary N) is 1. The number of hydrogen-bond donors (Lipinski definition) is 1. The standard InChI is InChI=1S/C26H36N4O/c1-20-3-5-22(6-4-20)25(29-15-9-21(2)10-16-29)19-28-24-11-17-30(18-12-24)26(31)23-7-13-27-14-8-23/h3-8,13-14,21,24-25,28H,9-12,15-19H2,1-2H3. The fourth-order valence-corrected chi connectivity index (χ4v) is 4.83. The van der Waals surface area contributed by atoms with Gasteiger partial charge in [0, 0.05) is 49.7 Å². The number of carbonyl (C=O) groups is 1. The monoisotopic (exact) mass is 420 g/mol. The number of hydrogen-bond acceptors (Lipinski definition) is 4. The van der Waals surface area contributed by atoms with Crippen molar-refractivity contribution in [3.8, 4) is 0 Å². The highest BCUT2D eigenvalue weighted by Crippen LogP contribution is 2.27. The molecule has 2 aliphatic heterocycles. The third kappa shape index (κ3) is 5.72. The molecule has 1 amide bonds. The summed E-state index contributed by atoms with van der Waals surface area (Å²) >= 11 is 0. The van der Waals surface area contributed by atoms with Crippen molar-refractivity contribution in [1.29, 1.82) is 0 Å². The van der Waals surface area contributed by atoms with E-state index in [1.807, 2.05) is 4.90 Å². The van der Waals surface area contributed by atoms with Crippen LogP contribution in [0.2, 0.25) is 0 Å². The molecule has 2 aliphatic rings. The highest BCUT2D eigenvalue weighted by Gasteiger charge is 2.27. The van der Waals surface area contributed by atoms with Crippen LogP contribution in [-0.4, -0.2) is 59.5 Å². The highest BCUT2D eigenvalue weighted by molar-refractivity contribution is 5.94. The number of rotatable bonds is 6. The van der Waals surface area contributed by atoms with E-state index >= 15 is 0 Å². The zero-order chi connectivity index (χ0) is 21.6. The number of carbonyl (C=O) groups excluding carboxylic acids is 1. The van der Waals surface area contributed by atoms with Crippen molar-refractivity contribution in [1.82, 2.24) is 20.1 Å². The number of benzene rings is 1. The molecular weight excluding hydrogens is 384 g/mol. The maximum absolute atomic E-state index is 12.7. The van der Waals surface area contributed by atoms with E-state index in [4.69, 9.17) is 0 Å². The van der Waals surface area contributed by atoms with Crippen molar-refractivity contribution in [3.05, 3.63) is 65.5 Å². The van der Waals surface area contributed by atoms with E-state index in [9.17, 15) is 4.79 Å². The molecule has 1 aromatic carbocycles. The summed E-state index contributed by atoms with van der Waals surface area (Å²) in [7, 11) is 0. The average Bonchev–Trinajstić information content (AvgIpc) is 2.82. The summed E-state index contributed by atoms with van der Waals surface area (Å²) in [5.41, 5.74) is 3.46. The largest absolute Gasteiger partial charge is 0.339 e. The maximum Gasteiger partial charge on any atom is 0.253 e. The number of aryl methyl sites for hydroxylation is 1. The van der Waals surface area contributed by atoms with Crippen molar-refractivity contribution in [2.45, 2.75) is 51.6 Å². The topological polar surface area (TPSA) is 48.5 Å². The van der Waals surface area contributed by atoms with Crippen LogP contribution in [0, 0.1) is 12.8 Å². The number of pyridine rings is 1. The van der Waals surface area contributed by atoms with Crippen LogP contribution in [-0.2, 0) is 0 Å². The predicted molar refractivity (Wildman–Crippen MR) is 125 cm³/mol. The van der Waals surface area contributed by atoms with Gasteiger partial charge in [-0.3, -0.25) is 14.7 Å². The van der Waals surface area contributed by atoms with Crippen LogP contribution in [0.15, 0.2) is 48.8 Å². The van der Waals surface area contributed by atoms with Gasteiger partial charge < -0.3 is 10.2 Å². The molecule has 0 bridgehead atoms.